The molecule has 2 aliphatic heterocycles. The van der Waals surface area contributed by atoms with E-state index in [1.807, 2.05) is 0 Å². The first kappa shape index (κ1) is 24.4. The summed E-state index contributed by atoms with van der Waals surface area (Å²) < 4.78 is 0. The van der Waals surface area contributed by atoms with E-state index >= 15 is 0 Å². The second kappa shape index (κ2) is 13.4. The average Bonchev–Trinajstić information content (AvgIpc) is 3.12. The maximum atomic E-state index is 6.81. The Morgan fingerprint density at radius 3 is 2.83 bits per heavy atom. The molecule has 7 heteroatoms. The van der Waals surface area contributed by atoms with Gasteiger partial charge in [-0.1, -0.05) is 25.5 Å². The summed E-state index contributed by atoms with van der Waals surface area (Å²) >= 11 is 6.81. The van der Waals surface area contributed by atoms with Gasteiger partial charge in [0, 0.05) is 12.6 Å². The number of hydrogen-bond acceptors (Lipinski definition) is 6. The fourth-order valence-electron chi connectivity index (χ4n) is 5.32. The van der Waals surface area contributed by atoms with Gasteiger partial charge in [0.05, 0.1) is 17.8 Å². The van der Waals surface area contributed by atoms with Gasteiger partial charge in [-0.25, -0.2) is 0 Å². The number of rotatable bonds is 10. The van der Waals surface area contributed by atoms with Crippen LogP contribution in [0.1, 0.15) is 78.1 Å². The van der Waals surface area contributed by atoms with E-state index in [0.29, 0.717) is 23.9 Å². The molecule has 2 saturated heterocycles. The van der Waals surface area contributed by atoms with E-state index in [-0.39, 0.29) is 17.9 Å². The van der Waals surface area contributed by atoms with Gasteiger partial charge in [0.25, 0.3) is 0 Å². The molecular weight excluding hydrogens is 398 g/mol. The van der Waals surface area contributed by atoms with E-state index in [4.69, 9.17) is 16.4 Å². The standard InChI is InChI=1S/C23H44ClN5O/c1-3-10-18(11-9-14-20-28-17(2)29-30-20)15-25-23-21(22(24)26-16-27-23)19-12-7-5-4-6-8-13-19/h4-5,17-23,25-29H,3,6-16H2,1-2H3/b5-4-. The van der Waals surface area contributed by atoms with Gasteiger partial charge in [-0.05, 0) is 83.1 Å². The molecule has 0 saturated carbocycles. The van der Waals surface area contributed by atoms with Crippen molar-refractivity contribution in [3.8, 4) is 0 Å². The zero-order valence-corrected chi connectivity index (χ0v) is 19.7. The Kier molecular flexibility index (Phi) is 10.9. The Bertz CT molecular complexity index is 508. The van der Waals surface area contributed by atoms with Crippen molar-refractivity contribution in [2.24, 2.45) is 17.8 Å². The van der Waals surface area contributed by atoms with Gasteiger partial charge in [-0.15, -0.1) is 11.6 Å². The van der Waals surface area contributed by atoms with Gasteiger partial charge >= 0.3 is 0 Å². The van der Waals surface area contributed by atoms with E-state index in [1.54, 1.807) is 0 Å². The number of allylic oxidation sites excluding steroid dienone is 2. The van der Waals surface area contributed by atoms with Gasteiger partial charge in [0.2, 0.25) is 0 Å². The second-order valence-corrected chi connectivity index (χ2v) is 9.86. The Morgan fingerprint density at radius 2 is 2.03 bits per heavy atom. The molecule has 2 heterocycles. The normalized spacial score (nSPS) is 37.4. The van der Waals surface area contributed by atoms with E-state index in [1.165, 1.54) is 57.8 Å². The summed E-state index contributed by atoms with van der Waals surface area (Å²) in [6.07, 6.45) is 17.6. The van der Waals surface area contributed by atoms with Crippen LogP contribution in [-0.2, 0) is 4.84 Å². The van der Waals surface area contributed by atoms with Crippen molar-refractivity contribution in [1.82, 2.24) is 26.7 Å². The molecule has 174 valence electrons. The summed E-state index contributed by atoms with van der Waals surface area (Å²) in [5.41, 5.74) is 3.04. The predicted octanol–water partition coefficient (Wildman–Crippen LogP) is 3.75. The highest BCUT2D eigenvalue weighted by Gasteiger charge is 2.37. The molecule has 2 fully saturated rings. The monoisotopic (exact) mass is 441 g/mol. The Hall–Kier alpha value is -0.210. The Balaban J connectivity index is 1.48. The fraction of sp³-hybridized carbons (Fsp3) is 0.913. The predicted molar refractivity (Wildman–Crippen MR) is 125 cm³/mol. The number of nitrogens with one attached hydrogen (secondary N) is 5. The highest BCUT2D eigenvalue weighted by atomic mass is 35.5. The van der Waals surface area contributed by atoms with Crippen LogP contribution >= 0.6 is 11.6 Å². The Labute approximate surface area is 188 Å². The second-order valence-electron chi connectivity index (χ2n) is 9.39. The lowest BCUT2D eigenvalue weighted by Crippen LogP contribution is -2.63. The number of halogens is 1. The molecule has 0 aromatic heterocycles. The van der Waals surface area contributed by atoms with Crippen molar-refractivity contribution in [3.05, 3.63) is 12.2 Å². The van der Waals surface area contributed by atoms with Crippen LogP contribution in [0.5, 0.6) is 0 Å². The minimum Gasteiger partial charge on any atom is -0.301 e. The van der Waals surface area contributed by atoms with Crippen LogP contribution < -0.4 is 26.7 Å². The minimum atomic E-state index is 0.0434. The largest absolute Gasteiger partial charge is 0.301 e. The topological polar surface area (TPSA) is 69.4 Å². The first-order chi connectivity index (χ1) is 14.7. The van der Waals surface area contributed by atoms with Crippen LogP contribution in [0.4, 0.5) is 0 Å². The molecule has 0 spiro atoms. The maximum absolute atomic E-state index is 6.81. The minimum absolute atomic E-state index is 0.0434. The molecule has 1 aliphatic carbocycles. The van der Waals surface area contributed by atoms with Crippen LogP contribution in [0.25, 0.3) is 0 Å². The van der Waals surface area contributed by atoms with Crippen LogP contribution in [-0.4, -0.2) is 37.3 Å². The highest BCUT2D eigenvalue weighted by molar-refractivity contribution is 6.20. The summed E-state index contributed by atoms with van der Waals surface area (Å²) in [6, 6.07) is 0. The molecule has 0 amide bonds. The molecule has 0 aromatic carbocycles. The van der Waals surface area contributed by atoms with Crippen LogP contribution in [0.15, 0.2) is 12.2 Å². The third kappa shape index (κ3) is 7.73. The third-order valence-corrected chi connectivity index (χ3v) is 7.37. The lowest BCUT2D eigenvalue weighted by Gasteiger charge is -2.42. The SMILES string of the molecule is CCCC(CCCC1NC(C)NO1)CNC1NCNC(Cl)C1C1CC/C=C\CCC1. The molecule has 0 aromatic rings. The maximum Gasteiger partial charge on any atom is 0.130 e. The molecule has 0 radical (unpaired) electrons. The first-order valence-corrected chi connectivity index (χ1v) is 12.8. The van der Waals surface area contributed by atoms with Gasteiger partial charge in [-0.3, -0.25) is 20.8 Å². The molecule has 3 aliphatic rings. The molecule has 7 unspecified atom stereocenters. The van der Waals surface area contributed by atoms with Crippen molar-refractivity contribution in [2.45, 2.75) is 102 Å². The molecular formula is C23H44ClN5O. The lowest BCUT2D eigenvalue weighted by molar-refractivity contribution is 0.0172. The van der Waals surface area contributed by atoms with E-state index in [9.17, 15) is 0 Å². The van der Waals surface area contributed by atoms with Crippen molar-refractivity contribution in [3.63, 3.8) is 0 Å². The number of hydroxylamine groups is 1. The molecule has 5 N–H and O–H groups in total. The average molecular weight is 442 g/mol. The van der Waals surface area contributed by atoms with Crippen LogP contribution in [0.3, 0.4) is 0 Å². The smallest absolute Gasteiger partial charge is 0.130 e. The van der Waals surface area contributed by atoms with Gasteiger partial charge in [0.15, 0.2) is 0 Å². The molecule has 3 rings (SSSR count). The van der Waals surface area contributed by atoms with Crippen molar-refractivity contribution >= 4 is 11.6 Å². The van der Waals surface area contributed by atoms with Gasteiger partial charge < -0.3 is 5.32 Å². The van der Waals surface area contributed by atoms with Crippen LogP contribution in [0, 0.1) is 17.8 Å². The Morgan fingerprint density at radius 1 is 1.17 bits per heavy atom. The van der Waals surface area contributed by atoms with Crippen molar-refractivity contribution in [2.75, 3.05) is 13.2 Å². The molecule has 30 heavy (non-hydrogen) atoms. The zero-order chi connectivity index (χ0) is 21.2. The zero-order valence-electron chi connectivity index (χ0n) is 19.0. The van der Waals surface area contributed by atoms with E-state index in [0.717, 1.165) is 19.6 Å². The number of hydrogen-bond donors (Lipinski definition) is 5. The highest BCUT2D eigenvalue weighted by Crippen LogP contribution is 2.33. The van der Waals surface area contributed by atoms with Gasteiger partial charge in [0.1, 0.15) is 6.23 Å². The summed E-state index contributed by atoms with van der Waals surface area (Å²) in [5, 5.41) is 14.4. The fourth-order valence-corrected chi connectivity index (χ4v) is 5.74. The van der Waals surface area contributed by atoms with Crippen molar-refractivity contribution in [1.29, 1.82) is 0 Å². The molecule has 0 bridgehead atoms. The summed E-state index contributed by atoms with van der Waals surface area (Å²) in [5.74, 6) is 1.80. The van der Waals surface area contributed by atoms with Crippen LogP contribution in [0.2, 0.25) is 0 Å². The summed E-state index contributed by atoms with van der Waals surface area (Å²) in [6.45, 7) is 6.22. The van der Waals surface area contributed by atoms with E-state index in [2.05, 4.69) is 52.7 Å². The first-order valence-electron chi connectivity index (χ1n) is 12.3. The number of alkyl halides is 1. The lowest BCUT2D eigenvalue weighted by atomic mass is 9.80. The quantitative estimate of drug-likeness (QED) is 0.202. The van der Waals surface area contributed by atoms with Crippen molar-refractivity contribution < 1.29 is 4.84 Å². The summed E-state index contributed by atoms with van der Waals surface area (Å²) in [4.78, 5) is 5.56. The van der Waals surface area contributed by atoms with E-state index < -0.39 is 0 Å². The molecule has 7 atom stereocenters. The van der Waals surface area contributed by atoms with Gasteiger partial charge in [-0.2, -0.15) is 5.48 Å². The molecule has 6 nitrogen and oxygen atoms in total. The third-order valence-electron chi connectivity index (χ3n) is 6.93. The summed E-state index contributed by atoms with van der Waals surface area (Å²) in [7, 11) is 0.